The number of nitrogens with zero attached hydrogens (tertiary/aromatic N) is 3. The van der Waals surface area contributed by atoms with Crippen LogP contribution in [0.3, 0.4) is 0 Å². The first-order chi connectivity index (χ1) is 11.5. The first kappa shape index (κ1) is 16.1. The minimum Gasteiger partial charge on any atom is -0.479 e. The number of aryl methyl sites for hydroxylation is 1. The molecule has 0 amide bonds. The molecule has 24 heavy (non-hydrogen) atoms. The van der Waals surface area contributed by atoms with Crippen LogP contribution in [-0.4, -0.2) is 26.7 Å². The topological polar surface area (TPSA) is 82.8 Å². The molecule has 0 fully saturated rings. The number of ether oxygens (including phenoxy) is 2. The molecular weight excluding hydrogens is 330 g/mol. The first-order valence-corrected chi connectivity index (χ1v) is 8.09. The van der Waals surface area contributed by atoms with Gasteiger partial charge in [-0.2, -0.15) is 9.61 Å². The SMILES string of the molecule is Cc1nn2c(=O)cc(COC(=O)[C@H](C)Oc3ccccc3)nc2s1. The smallest absolute Gasteiger partial charge is 0.347 e. The van der Waals surface area contributed by atoms with Gasteiger partial charge in [-0.05, 0) is 26.0 Å². The second-order valence-corrected chi connectivity index (χ2v) is 6.24. The zero-order valence-corrected chi connectivity index (χ0v) is 13.9. The van der Waals surface area contributed by atoms with Crippen molar-refractivity contribution in [3.05, 3.63) is 57.5 Å². The van der Waals surface area contributed by atoms with Crippen molar-refractivity contribution in [2.24, 2.45) is 0 Å². The molecular formula is C16H15N3O4S. The molecule has 0 spiro atoms. The van der Waals surface area contributed by atoms with E-state index in [2.05, 4.69) is 10.1 Å². The van der Waals surface area contributed by atoms with E-state index in [9.17, 15) is 9.59 Å². The van der Waals surface area contributed by atoms with Gasteiger partial charge >= 0.3 is 5.97 Å². The number of rotatable bonds is 5. The number of para-hydroxylation sites is 1. The van der Waals surface area contributed by atoms with E-state index in [1.807, 2.05) is 18.2 Å². The summed E-state index contributed by atoms with van der Waals surface area (Å²) in [6.45, 7) is 3.30. The fourth-order valence-electron chi connectivity index (χ4n) is 2.04. The number of hydrogen-bond acceptors (Lipinski definition) is 7. The molecule has 0 N–H and O–H groups in total. The van der Waals surface area contributed by atoms with Gasteiger partial charge in [0.25, 0.3) is 5.56 Å². The van der Waals surface area contributed by atoms with Crippen LogP contribution < -0.4 is 10.3 Å². The monoisotopic (exact) mass is 345 g/mol. The fourth-order valence-corrected chi connectivity index (χ4v) is 2.81. The maximum Gasteiger partial charge on any atom is 0.347 e. The molecule has 3 rings (SSSR count). The number of carbonyl (C=O) groups excluding carboxylic acids is 1. The third-order valence-corrected chi connectivity index (χ3v) is 3.97. The highest BCUT2D eigenvalue weighted by Crippen LogP contribution is 2.13. The zero-order chi connectivity index (χ0) is 17.1. The van der Waals surface area contributed by atoms with Crippen LogP contribution in [0.1, 0.15) is 17.6 Å². The van der Waals surface area contributed by atoms with Crippen LogP contribution in [0.2, 0.25) is 0 Å². The number of hydrogen-bond donors (Lipinski definition) is 0. The summed E-state index contributed by atoms with van der Waals surface area (Å²) in [5, 5.41) is 4.79. The second-order valence-electron chi connectivity index (χ2n) is 5.08. The molecule has 0 aliphatic heterocycles. The van der Waals surface area contributed by atoms with Crippen molar-refractivity contribution in [1.29, 1.82) is 0 Å². The maximum atomic E-state index is 12.0. The van der Waals surface area contributed by atoms with Crippen LogP contribution in [0.25, 0.3) is 4.96 Å². The molecule has 0 bridgehead atoms. The van der Waals surface area contributed by atoms with Crippen molar-refractivity contribution in [3.63, 3.8) is 0 Å². The van der Waals surface area contributed by atoms with E-state index >= 15 is 0 Å². The van der Waals surface area contributed by atoms with Gasteiger partial charge in [0.2, 0.25) is 4.96 Å². The van der Waals surface area contributed by atoms with Crippen LogP contribution in [0, 0.1) is 6.92 Å². The van der Waals surface area contributed by atoms with Crippen LogP contribution in [0.5, 0.6) is 5.75 Å². The van der Waals surface area contributed by atoms with Gasteiger partial charge in [-0.15, -0.1) is 0 Å². The third-order valence-electron chi connectivity index (χ3n) is 3.15. The van der Waals surface area contributed by atoms with Gasteiger partial charge < -0.3 is 9.47 Å². The molecule has 0 radical (unpaired) electrons. The Kier molecular flexibility index (Phi) is 4.57. The number of carbonyl (C=O) groups is 1. The van der Waals surface area contributed by atoms with Gasteiger partial charge in [0.15, 0.2) is 6.10 Å². The van der Waals surface area contributed by atoms with E-state index < -0.39 is 12.1 Å². The second kappa shape index (κ2) is 6.79. The highest BCUT2D eigenvalue weighted by molar-refractivity contribution is 7.16. The van der Waals surface area contributed by atoms with E-state index in [0.717, 1.165) is 5.01 Å². The number of esters is 1. The van der Waals surface area contributed by atoms with E-state index in [1.54, 1.807) is 26.0 Å². The highest BCUT2D eigenvalue weighted by atomic mass is 32.1. The molecule has 3 aromatic rings. The van der Waals surface area contributed by atoms with Crippen LogP contribution in [-0.2, 0) is 16.1 Å². The Morgan fingerprint density at radius 1 is 1.33 bits per heavy atom. The summed E-state index contributed by atoms with van der Waals surface area (Å²) in [6, 6.07) is 10.3. The lowest BCUT2D eigenvalue weighted by atomic mass is 10.3. The van der Waals surface area contributed by atoms with Gasteiger partial charge in [-0.3, -0.25) is 4.79 Å². The summed E-state index contributed by atoms with van der Waals surface area (Å²) < 4.78 is 11.9. The van der Waals surface area contributed by atoms with E-state index in [0.29, 0.717) is 16.4 Å². The Morgan fingerprint density at radius 2 is 2.08 bits per heavy atom. The summed E-state index contributed by atoms with van der Waals surface area (Å²) >= 11 is 1.30. The van der Waals surface area contributed by atoms with Crippen molar-refractivity contribution in [1.82, 2.24) is 14.6 Å². The van der Waals surface area contributed by atoms with E-state index in [-0.39, 0.29) is 12.2 Å². The molecule has 0 saturated carbocycles. The molecule has 2 heterocycles. The Morgan fingerprint density at radius 3 is 2.83 bits per heavy atom. The average Bonchev–Trinajstić information content (AvgIpc) is 2.94. The molecule has 0 aliphatic carbocycles. The Labute approximate surface area is 141 Å². The fraction of sp³-hybridized carbons (Fsp3) is 0.250. The quantitative estimate of drug-likeness (QED) is 0.658. The number of fused-ring (bicyclic) bond motifs is 1. The van der Waals surface area contributed by atoms with Crippen LogP contribution in [0.15, 0.2) is 41.2 Å². The number of aromatic nitrogens is 3. The summed E-state index contributed by atoms with van der Waals surface area (Å²) in [7, 11) is 0. The van der Waals surface area contributed by atoms with Gasteiger partial charge in [-0.1, -0.05) is 29.5 Å². The third kappa shape index (κ3) is 3.60. The molecule has 2 aromatic heterocycles. The first-order valence-electron chi connectivity index (χ1n) is 7.27. The molecule has 7 nitrogen and oxygen atoms in total. The van der Waals surface area contributed by atoms with Crippen molar-refractivity contribution >= 4 is 22.3 Å². The molecule has 1 aromatic carbocycles. The molecule has 1 atom stereocenters. The Balaban J connectivity index is 1.64. The summed E-state index contributed by atoms with van der Waals surface area (Å²) in [4.78, 5) is 28.7. The lowest BCUT2D eigenvalue weighted by Crippen LogP contribution is -2.26. The predicted molar refractivity (Wildman–Crippen MR) is 88.2 cm³/mol. The molecule has 0 saturated heterocycles. The van der Waals surface area contributed by atoms with Crippen molar-refractivity contribution < 1.29 is 14.3 Å². The average molecular weight is 345 g/mol. The van der Waals surface area contributed by atoms with E-state index in [1.165, 1.54) is 21.9 Å². The van der Waals surface area contributed by atoms with Crippen LogP contribution >= 0.6 is 11.3 Å². The molecule has 0 aliphatic rings. The Bertz CT molecular complexity index is 920. The molecule has 8 heteroatoms. The lowest BCUT2D eigenvalue weighted by Gasteiger charge is -2.13. The maximum absolute atomic E-state index is 12.0. The number of benzene rings is 1. The summed E-state index contributed by atoms with van der Waals surface area (Å²) in [6.07, 6.45) is -0.761. The predicted octanol–water partition coefficient (Wildman–Crippen LogP) is 1.97. The van der Waals surface area contributed by atoms with E-state index in [4.69, 9.17) is 9.47 Å². The van der Waals surface area contributed by atoms with Gasteiger partial charge in [-0.25, -0.2) is 9.78 Å². The standard InChI is InChI=1S/C16H15N3O4S/c1-10(23-13-6-4-3-5-7-13)15(21)22-9-12-8-14(20)19-16(17-12)24-11(2)18-19/h3-8,10H,9H2,1-2H3/t10-/m0/s1. The highest BCUT2D eigenvalue weighted by Gasteiger charge is 2.17. The summed E-state index contributed by atoms with van der Waals surface area (Å²) in [5.41, 5.74) is 0.0768. The minimum atomic E-state index is -0.761. The van der Waals surface area contributed by atoms with Gasteiger partial charge in [0.1, 0.15) is 17.4 Å². The van der Waals surface area contributed by atoms with Gasteiger partial charge in [0, 0.05) is 6.07 Å². The van der Waals surface area contributed by atoms with Gasteiger partial charge in [0.05, 0.1) is 5.69 Å². The molecule has 124 valence electrons. The van der Waals surface area contributed by atoms with Crippen LogP contribution in [0.4, 0.5) is 0 Å². The van der Waals surface area contributed by atoms with Crippen molar-refractivity contribution in [2.75, 3.05) is 0 Å². The largest absolute Gasteiger partial charge is 0.479 e. The van der Waals surface area contributed by atoms with Crippen molar-refractivity contribution in [2.45, 2.75) is 26.6 Å². The lowest BCUT2D eigenvalue weighted by molar-refractivity contribution is -0.152. The summed E-state index contributed by atoms with van der Waals surface area (Å²) in [5.74, 6) is 0.0567. The molecule has 0 unspecified atom stereocenters. The zero-order valence-electron chi connectivity index (χ0n) is 13.1. The van der Waals surface area contributed by atoms with Crippen molar-refractivity contribution in [3.8, 4) is 5.75 Å². The normalized spacial score (nSPS) is 12.1. The minimum absolute atomic E-state index is 0.0932. The Hall–Kier alpha value is -2.74.